The second-order valence-corrected chi connectivity index (χ2v) is 4.90. The Labute approximate surface area is 114 Å². The van der Waals surface area contributed by atoms with E-state index < -0.39 is 0 Å². The van der Waals surface area contributed by atoms with Crippen molar-refractivity contribution in [2.24, 2.45) is 0 Å². The number of aliphatic hydroxyl groups excluding tert-OH is 1. The second-order valence-electron chi connectivity index (χ2n) is 4.90. The van der Waals surface area contributed by atoms with Crippen LogP contribution in [-0.2, 0) is 6.61 Å². The molecule has 3 heteroatoms. The van der Waals surface area contributed by atoms with Gasteiger partial charge in [-0.15, -0.1) is 0 Å². The maximum absolute atomic E-state index is 9.38. The van der Waals surface area contributed by atoms with Crippen LogP contribution < -0.4 is 4.90 Å². The maximum Gasteiger partial charge on any atom is 0.136 e. The van der Waals surface area contributed by atoms with Crippen LogP contribution in [0.25, 0.3) is 10.8 Å². The molecule has 2 aromatic rings. The van der Waals surface area contributed by atoms with Gasteiger partial charge in [0, 0.05) is 18.5 Å². The minimum Gasteiger partial charge on any atom is -0.390 e. The third kappa shape index (κ3) is 2.71. The molecule has 0 radical (unpaired) electrons. The van der Waals surface area contributed by atoms with Gasteiger partial charge in [0.1, 0.15) is 5.82 Å². The van der Waals surface area contributed by atoms with Crippen molar-refractivity contribution in [3.63, 3.8) is 0 Å². The summed E-state index contributed by atoms with van der Waals surface area (Å²) in [5.74, 6) is 0.968. The molecular formula is C16H22N2O. The minimum atomic E-state index is -0.0193. The fourth-order valence-corrected chi connectivity index (χ4v) is 2.59. The van der Waals surface area contributed by atoms with Gasteiger partial charge >= 0.3 is 0 Å². The molecule has 2 rings (SSSR count). The van der Waals surface area contributed by atoms with Crippen LogP contribution in [0.1, 0.15) is 32.4 Å². The molecule has 102 valence electrons. The van der Waals surface area contributed by atoms with Crippen LogP contribution in [0.15, 0.2) is 30.3 Å². The average molecular weight is 258 g/mol. The summed E-state index contributed by atoms with van der Waals surface area (Å²) in [5.41, 5.74) is 0.728. The molecule has 0 saturated carbocycles. The Morgan fingerprint density at radius 2 is 1.89 bits per heavy atom. The molecule has 19 heavy (non-hydrogen) atoms. The summed E-state index contributed by atoms with van der Waals surface area (Å²) in [6.45, 7) is 4.38. The Hall–Kier alpha value is -1.61. The first-order valence-electron chi connectivity index (χ1n) is 6.93. The van der Waals surface area contributed by atoms with Gasteiger partial charge in [-0.2, -0.15) is 0 Å². The van der Waals surface area contributed by atoms with Gasteiger partial charge in [0.2, 0.25) is 0 Å². The summed E-state index contributed by atoms with van der Waals surface area (Å²) in [6.07, 6.45) is 2.18. The molecule has 0 unspecified atom stereocenters. The topological polar surface area (TPSA) is 36.4 Å². The smallest absolute Gasteiger partial charge is 0.136 e. The van der Waals surface area contributed by atoms with E-state index in [9.17, 15) is 5.11 Å². The van der Waals surface area contributed by atoms with Crippen LogP contribution in [0, 0.1) is 0 Å². The number of anilines is 1. The number of fused-ring (bicyclic) bond motifs is 1. The zero-order valence-electron chi connectivity index (χ0n) is 11.9. The Morgan fingerprint density at radius 3 is 2.53 bits per heavy atom. The Balaban J connectivity index is 2.57. The van der Waals surface area contributed by atoms with E-state index in [1.54, 1.807) is 0 Å². The van der Waals surface area contributed by atoms with Crippen LogP contribution in [0.2, 0.25) is 0 Å². The molecular weight excluding hydrogens is 236 g/mol. The third-order valence-corrected chi connectivity index (χ3v) is 3.76. The van der Waals surface area contributed by atoms with E-state index in [-0.39, 0.29) is 6.61 Å². The number of pyridine rings is 1. The quantitative estimate of drug-likeness (QED) is 0.893. The van der Waals surface area contributed by atoms with E-state index in [4.69, 9.17) is 0 Å². The Morgan fingerprint density at radius 1 is 1.21 bits per heavy atom. The lowest BCUT2D eigenvalue weighted by molar-refractivity contribution is 0.277. The highest BCUT2D eigenvalue weighted by molar-refractivity contribution is 5.92. The number of rotatable bonds is 5. The second kappa shape index (κ2) is 6.02. The van der Waals surface area contributed by atoms with Crippen LogP contribution in [0.3, 0.4) is 0 Å². The standard InChI is InChI=1S/C16H22N2O/c1-4-14(5-2)18(3)16-15-9-7-6-8-12(15)10-13(11-19)17-16/h6-10,14,19H,4-5,11H2,1-3H3. The number of aromatic nitrogens is 1. The maximum atomic E-state index is 9.38. The van der Waals surface area contributed by atoms with Crippen molar-refractivity contribution in [1.82, 2.24) is 4.98 Å². The molecule has 0 amide bonds. The van der Waals surface area contributed by atoms with Gasteiger partial charge in [-0.1, -0.05) is 38.1 Å². The van der Waals surface area contributed by atoms with Gasteiger partial charge < -0.3 is 10.0 Å². The van der Waals surface area contributed by atoms with E-state index in [0.29, 0.717) is 6.04 Å². The van der Waals surface area contributed by atoms with E-state index in [0.717, 1.165) is 35.1 Å². The van der Waals surface area contributed by atoms with Crippen molar-refractivity contribution in [3.05, 3.63) is 36.0 Å². The van der Waals surface area contributed by atoms with E-state index >= 15 is 0 Å². The van der Waals surface area contributed by atoms with Crippen molar-refractivity contribution >= 4 is 16.6 Å². The zero-order chi connectivity index (χ0) is 13.8. The van der Waals surface area contributed by atoms with Crippen molar-refractivity contribution < 1.29 is 5.11 Å². The molecule has 0 spiro atoms. The van der Waals surface area contributed by atoms with Crippen molar-refractivity contribution in [2.45, 2.75) is 39.3 Å². The molecule has 1 heterocycles. The normalized spacial score (nSPS) is 11.2. The van der Waals surface area contributed by atoms with Crippen molar-refractivity contribution in [2.75, 3.05) is 11.9 Å². The molecule has 1 aromatic carbocycles. The zero-order valence-corrected chi connectivity index (χ0v) is 11.9. The highest BCUT2D eigenvalue weighted by atomic mass is 16.3. The predicted octanol–water partition coefficient (Wildman–Crippen LogP) is 3.35. The fraction of sp³-hybridized carbons (Fsp3) is 0.438. The van der Waals surface area contributed by atoms with Gasteiger partial charge in [0.15, 0.2) is 0 Å². The highest BCUT2D eigenvalue weighted by Crippen LogP contribution is 2.27. The van der Waals surface area contributed by atoms with Crippen LogP contribution in [-0.4, -0.2) is 23.2 Å². The monoisotopic (exact) mass is 258 g/mol. The molecule has 0 bridgehead atoms. The first-order chi connectivity index (χ1) is 9.21. The Bertz CT molecular complexity index is 549. The first-order valence-corrected chi connectivity index (χ1v) is 6.93. The van der Waals surface area contributed by atoms with Gasteiger partial charge in [0.25, 0.3) is 0 Å². The lowest BCUT2D eigenvalue weighted by Gasteiger charge is -2.28. The summed E-state index contributed by atoms with van der Waals surface area (Å²) in [4.78, 5) is 6.85. The molecule has 3 nitrogen and oxygen atoms in total. The molecule has 0 fully saturated rings. The van der Waals surface area contributed by atoms with Gasteiger partial charge in [-0.3, -0.25) is 0 Å². The van der Waals surface area contributed by atoms with E-state index in [1.165, 1.54) is 0 Å². The number of nitrogens with zero attached hydrogens (tertiary/aromatic N) is 2. The molecule has 1 N–H and O–H groups in total. The molecule has 0 aliphatic rings. The number of aliphatic hydroxyl groups is 1. The lowest BCUT2D eigenvalue weighted by Crippen LogP contribution is -2.31. The lowest BCUT2D eigenvalue weighted by atomic mass is 10.1. The number of hydrogen-bond acceptors (Lipinski definition) is 3. The molecule has 0 atom stereocenters. The molecule has 1 aromatic heterocycles. The summed E-state index contributed by atoms with van der Waals surface area (Å²) in [6, 6.07) is 10.7. The van der Waals surface area contributed by atoms with Crippen molar-refractivity contribution in [3.8, 4) is 0 Å². The molecule has 0 aliphatic heterocycles. The molecule has 0 aliphatic carbocycles. The van der Waals surface area contributed by atoms with Gasteiger partial charge in [-0.25, -0.2) is 4.98 Å². The van der Waals surface area contributed by atoms with Gasteiger partial charge in [0.05, 0.1) is 12.3 Å². The van der Waals surface area contributed by atoms with Crippen LogP contribution in [0.5, 0.6) is 0 Å². The van der Waals surface area contributed by atoms with E-state index in [2.05, 4.69) is 42.9 Å². The summed E-state index contributed by atoms with van der Waals surface area (Å²) < 4.78 is 0. The van der Waals surface area contributed by atoms with Crippen molar-refractivity contribution in [1.29, 1.82) is 0 Å². The van der Waals surface area contributed by atoms with Crippen LogP contribution in [0.4, 0.5) is 5.82 Å². The van der Waals surface area contributed by atoms with Crippen LogP contribution >= 0.6 is 0 Å². The highest BCUT2D eigenvalue weighted by Gasteiger charge is 2.15. The summed E-state index contributed by atoms with van der Waals surface area (Å²) in [7, 11) is 2.09. The third-order valence-electron chi connectivity index (χ3n) is 3.76. The molecule has 0 saturated heterocycles. The van der Waals surface area contributed by atoms with Gasteiger partial charge in [-0.05, 0) is 24.3 Å². The summed E-state index contributed by atoms with van der Waals surface area (Å²) in [5, 5.41) is 11.7. The summed E-state index contributed by atoms with van der Waals surface area (Å²) >= 11 is 0. The predicted molar refractivity (Wildman–Crippen MR) is 80.4 cm³/mol. The number of hydrogen-bond donors (Lipinski definition) is 1. The minimum absolute atomic E-state index is 0.0193. The first kappa shape index (κ1) is 13.8. The van der Waals surface area contributed by atoms with E-state index in [1.807, 2.05) is 18.2 Å². The fourth-order valence-electron chi connectivity index (χ4n) is 2.59. The SMILES string of the molecule is CCC(CC)N(C)c1nc(CO)cc2ccccc12. The Kier molecular flexibility index (Phi) is 4.38. The number of benzene rings is 1. The largest absolute Gasteiger partial charge is 0.390 e. The average Bonchev–Trinajstić information content (AvgIpc) is 2.47.